The number of nitrogens with zero attached hydrogens (tertiary/aromatic N) is 2. The molecule has 0 unspecified atom stereocenters. The van der Waals surface area contributed by atoms with Crippen LogP contribution in [0.15, 0.2) is 60.8 Å². The van der Waals surface area contributed by atoms with Crippen LogP contribution in [0.5, 0.6) is 5.75 Å². The van der Waals surface area contributed by atoms with Crippen LogP contribution in [-0.2, 0) is 27.5 Å². The Labute approximate surface area is 282 Å². The molecule has 3 heterocycles. The van der Waals surface area contributed by atoms with E-state index in [1.54, 1.807) is 31.3 Å². The number of nitrogens with one attached hydrogen (secondary N) is 1. The fourth-order valence-corrected chi connectivity index (χ4v) is 10.1. The summed E-state index contributed by atoms with van der Waals surface area (Å²) in [6, 6.07) is 17.1. The van der Waals surface area contributed by atoms with Crippen LogP contribution in [0, 0.1) is 17.8 Å². The number of benzene rings is 2. The molecular formula is C37H44ClN3O5S. The van der Waals surface area contributed by atoms with Crippen molar-refractivity contribution in [1.29, 1.82) is 0 Å². The lowest BCUT2D eigenvalue weighted by molar-refractivity contribution is -0.0979. The average Bonchev–Trinajstić information content (AvgIpc) is 3.19. The quantitative estimate of drug-likeness (QED) is 0.307. The van der Waals surface area contributed by atoms with Gasteiger partial charge in [-0.2, -0.15) is 0 Å². The molecule has 2 aliphatic carbocycles. The summed E-state index contributed by atoms with van der Waals surface area (Å²) in [5.41, 5.74) is 2.77. The van der Waals surface area contributed by atoms with Crippen molar-refractivity contribution in [3.8, 4) is 5.75 Å². The standard InChI is InChI=1S/C37H44ClN3O5S/c1-24-7-5-17-37(43,34-9-3-4-18-39-34)31-13-10-28(31)21-41-22-36(16-6-8-26-19-29(38)12-14-30(26)36)23-46-33-15-11-27(20-32(33)41)35(42)40-47(44,45)25(24)2/h3-4,9,11-12,14-15,18-20,24-25,28,31,43H,5-8,10,13,16-17,21-23H2,1-2H3,(H,40,42)/t24-,25+,28-,31+,36-,37+/m0/s1. The predicted molar refractivity (Wildman–Crippen MR) is 183 cm³/mol. The first-order chi connectivity index (χ1) is 22.5. The lowest BCUT2D eigenvalue weighted by atomic mass is 9.61. The van der Waals surface area contributed by atoms with Crippen molar-refractivity contribution >= 4 is 33.2 Å². The van der Waals surface area contributed by atoms with Crippen LogP contribution in [0.3, 0.4) is 0 Å². The first-order valence-electron chi connectivity index (χ1n) is 17.0. The van der Waals surface area contributed by atoms with Crippen molar-refractivity contribution in [2.45, 2.75) is 81.5 Å². The number of halogens is 1. The second-order valence-electron chi connectivity index (χ2n) is 14.4. The van der Waals surface area contributed by atoms with E-state index in [0.29, 0.717) is 50.4 Å². The topological polar surface area (TPSA) is 109 Å². The zero-order chi connectivity index (χ0) is 33.0. The van der Waals surface area contributed by atoms with E-state index in [0.717, 1.165) is 42.8 Å². The molecule has 2 bridgehead atoms. The molecule has 2 aliphatic heterocycles. The van der Waals surface area contributed by atoms with Gasteiger partial charge in [0.15, 0.2) is 0 Å². The minimum atomic E-state index is -3.96. The van der Waals surface area contributed by atoms with Crippen molar-refractivity contribution in [2.75, 3.05) is 24.6 Å². The molecule has 1 spiro atoms. The zero-order valence-electron chi connectivity index (χ0n) is 27.1. The van der Waals surface area contributed by atoms with Crippen LogP contribution in [0.25, 0.3) is 0 Å². The van der Waals surface area contributed by atoms with E-state index in [-0.39, 0.29) is 28.7 Å². The molecule has 0 radical (unpaired) electrons. The van der Waals surface area contributed by atoms with Crippen LogP contribution in [0.2, 0.25) is 5.02 Å². The number of amides is 1. The summed E-state index contributed by atoms with van der Waals surface area (Å²) in [5, 5.41) is 12.5. The normalized spacial score (nSPS) is 32.2. The molecule has 8 nitrogen and oxygen atoms in total. The zero-order valence-corrected chi connectivity index (χ0v) is 28.7. The number of sulfonamides is 1. The van der Waals surface area contributed by atoms with E-state index in [1.807, 2.05) is 31.2 Å². The molecule has 250 valence electrons. The number of hydrogen-bond donors (Lipinski definition) is 2. The van der Waals surface area contributed by atoms with Gasteiger partial charge in [-0.25, -0.2) is 13.1 Å². The number of aryl methyl sites for hydroxylation is 1. The van der Waals surface area contributed by atoms with Crippen LogP contribution in [-0.4, -0.2) is 49.4 Å². The maximum Gasteiger partial charge on any atom is 0.264 e. The van der Waals surface area contributed by atoms with Crippen molar-refractivity contribution in [2.24, 2.45) is 17.8 Å². The number of ether oxygens (including phenoxy) is 1. The fourth-order valence-electron chi connectivity index (χ4n) is 8.59. The van der Waals surface area contributed by atoms with E-state index in [1.165, 1.54) is 11.1 Å². The average molecular weight is 678 g/mol. The Morgan fingerprint density at radius 3 is 2.66 bits per heavy atom. The Morgan fingerprint density at radius 2 is 1.89 bits per heavy atom. The maximum absolute atomic E-state index is 13.5. The molecule has 2 N–H and O–H groups in total. The second kappa shape index (κ2) is 12.4. The first kappa shape index (κ1) is 32.4. The molecule has 4 aliphatic rings. The lowest BCUT2D eigenvalue weighted by Crippen LogP contribution is -2.52. The summed E-state index contributed by atoms with van der Waals surface area (Å²) in [5.74, 6) is -0.0312. The Morgan fingerprint density at radius 1 is 1.04 bits per heavy atom. The summed E-state index contributed by atoms with van der Waals surface area (Å²) >= 11 is 6.44. The highest BCUT2D eigenvalue weighted by Crippen LogP contribution is 2.51. The number of aromatic nitrogens is 1. The van der Waals surface area contributed by atoms with Crippen LogP contribution in [0.1, 0.15) is 86.0 Å². The van der Waals surface area contributed by atoms with Gasteiger partial charge in [0, 0.05) is 35.3 Å². The second-order valence-corrected chi connectivity index (χ2v) is 16.9. The highest BCUT2D eigenvalue weighted by molar-refractivity contribution is 7.90. The van der Waals surface area contributed by atoms with E-state index in [4.69, 9.17) is 16.3 Å². The molecule has 7 rings (SSSR count). The van der Waals surface area contributed by atoms with Gasteiger partial charge in [0.05, 0.1) is 23.2 Å². The number of hydrogen-bond acceptors (Lipinski definition) is 7. The largest absolute Gasteiger partial charge is 0.490 e. The van der Waals surface area contributed by atoms with Gasteiger partial charge in [-0.15, -0.1) is 0 Å². The van der Waals surface area contributed by atoms with E-state index < -0.39 is 26.8 Å². The number of carbonyl (C=O) groups is 1. The summed E-state index contributed by atoms with van der Waals surface area (Å²) in [7, 11) is -3.96. The monoisotopic (exact) mass is 677 g/mol. The third kappa shape index (κ3) is 5.93. The number of pyridine rings is 1. The fraction of sp³-hybridized carbons (Fsp3) is 0.514. The van der Waals surface area contributed by atoms with Gasteiger partial charge in [-0.05, 0) is 130 Å². The van der Waals surface area contributed by atoms with Crippen molar-refractivity contribution in [3.63, 3.8) is 0 Å². The Hall–Kier alpha value is -3.14. The molecule has 1 saturated carbocycles. The number of carbonyl (C=O) groups excluding carboxylic acids is 1. The van der Waals surface area contributed by atoms with Gasteiger partial charge in [-0.1, -0.05) is 30.7 Å². The van der Waals surface area contributed by atoms with Crippen molar-refractivity contribution in [3.05, 3.63) is 88.2 Å². The number of aliphatic hydroxyl groups is 1. The highest BCUT2D eigenvalue weighted by atomic mass is 35.5. The van der Waals surface area contributed by atoms with Gasteiger partial charge in [0.1, 0.15) is 11.4 Å². The molecule has 0 saturated heterocycles. The molecule has 47 heavy (non-hydrogen) atoms. The minimum absolute atomic E-state index is 0.0192. The predicted octanol–water partition coefficient (Wildman–Crippen LogP) is 6.39. The number of rotatable bonds is 1. The third-order valence-electron chi connectivity index (χ3n) is 11.6. The summed E-state index contributed by atoms with van der Waals surface area (Å²) in [4.78, 5) is 20.5. The van der Waals surface area contributed by atoms with E-state index in [9.17, 15) is 18.3 Å². The molecule has 1 aromatic heterocycles. The van der Waals surface area contributed by atoms with Crippen molar-refractivity contribution < 1.29 is 23.1 Å². The Balaban J connectivity index is 1.33. The van der Waals surface area contributed by atoms with Gasteiger partial charge < -0.3 is 14.7 Å². The van der Waals surface area contributed by atoms with Gasteiger partial charge in [0.2, 0.25) is 10.0 Å². The summed E-state index contributed by atoms with van der Waals surface area (Å²) in [6.45, 7) is 5.35. The van der Waals surface area contributed by atoms with Crippen LogP contribution < -0.4 is 14.4 Å². The van der Waals surface area contributed by atoms with Gasteiger partial charge >= 0.3 is 0 Å². The van der Waals surface area contributed by atoms with E-state index in [2.05, 4.69) is 26.7 Å². The molecule has 6 atom stereocenters. The van der Waals surface area contributed by atoms with E-state index >= 15 is 0 Å². The molecule has 1 amide bonds. The highest BCUT2D eigenvalue weighted by Gasteiger charge is 2.50. The van der Waals surface area contributed by atoms with Crippen LogP contribution in [0.4, 0.5) is 5.69 Å². The van der Waals surface area contributed by atoms with Gasteiger partial charge in [-0.3, -0.25) is 9.78 Å². The van der Waals surface area contributed by atoms with Crippen molar-refractivity contribution in [1.82, 2.24) is 9.71 Å². The number of anilines is 1. The molecule has 3 aromatic rings. The lowest BCUT2D eigenvalue weighted by Gasteiger charge is -2.50. The van der Waals surface area contributed by atoms with Crippen LogP contribution >= 0.6 is 11.6 Å². The smallest absolute Gasteiger partial charge is 0.264 e. The Kier molecular flexibility index (Phi) is 8.54. The number of fused-ring (bicyclic) bond motifs is 4. The maximum atomic E-state index is 13.5. The van der Waals surface area contributed by atoms with Gasteiger partial charge in [0.25, 0.3) is 5.91 Å². The molecular weight excluding hydrogens is 634 g/mol. The molecule has 2 aromatic carbocycles. The Bertz CT molecular complexity index is 1770. The SMILES string of the molecule is C[C@@H]1[C@@H](C)CCC[C@](O)(c2ccccn2)[C@@H]2CC[C@H]2CN2C[C@@]3(CCCc4cc(Cl)ccc43)COc3ccc(cc32)C(=O)NS1(=O)=O. The molecule has 1 fully saturated rings. The summed E-state index contributed by atoms with van der Waals surface area (Å²) < 4.78 is 35.8. The molecule has 10 heteroatoms. The summed E-state index contributed by atoms with van der Waals surface area (Å²) in [6.07, 6.45) is 8.21. The minimum Gasteiger partial charge on any atom is -0.490 e. The first-order valence-corrected chi connectivity index (χ1v) is 18.9. The third-order valence-corrected chi connectivity index (χ3v) is 13.8.